The third-order valence-corrected chi connectivity index (χ3v) is 2.61. The number of ether oxygens (including phenoxy) is 1. The molecule has 1 N–H and O–H groups in total. The van der Waals surface area contributed by atoms with E-state index < -0.39 is 0 Å². The minimum atomic E-state index is -0.160. The molecule has 82 valence electrons. The van der Waals surface area contributed by atoms with Gasteiger partial charge in [0.15, 0.2) is 0 Å². The summed E-state index contributed by atoms with van der Waals surface area (Å²) in [6, 6.07) is 1.57. The van der Waals surface area contributed by atoms with Crippen LogP contribution in [-0.4, -0.2) is 36.0 Å². The van der Waals surface area contributed by atoms with E-state index in [9.17, 15) is 4.79 Å². The molecule has 1 aromatic rings. The Balaban J connectivity index is 2.13. The van der Waals surface area contributed by atoms with Gasteiger partial charge < -0.3 is 9.64 Å². The van der Waals surface area contributed by atoms with Gasteiger partial charge in [-0.1, -0.05) is 6.92 Å². The third-order valence-electron chi connectivity index (χ3n) is 2.61. The molecule has 0 bridgehead atoms. The van der Waals surface area contributed by atoms with Crippen molar-refractivity contribution in [3.05, 3.63) is 22.6 Å². The molecule has 5 heteroatoms. The van der Waals surface area contributed by atoms with Crippen molar-refractivity contribution in [1.29, 1.82) is 0 Å². The predicted octanol–water partition coefficient (Wildman–Crippen LogP) is 0.385. The molecule has 0 spiro atoms. The molecule has 0 saturated carbocycles. The van der Waals surface area contributed by atoms with Crippen LogP contribution in [0.3, 0.4) is 0 Å². The van der Waals surface area contributed by atoms with Crippen molar-refractivity contribution in [2.75, 3.05) is 24.6 Å². The number of H-pyrrole nitrogens is 1. The van der Waals surface area contributed by atoms with E-state index in [0.29, 0.717) is 6.61 Å². The molecule has 0 aliphatic carbocycles. The molecule has 1 aromatic heterocycles. The van der Waals surface area contributed by atoms with Gasteiger partial charge in [-0.05, 0) is 6.42 Å². The highest BCUT2D eigenvalue weighted by Gasteiger charge is 2.19. The number of anilines is 1. The zero-order valence-corrected chi connectivity index (χ0v) is 8.77. The van der Waals surface area contributed by atoms with Crippen LogP contribution in [0.5, 0.6) is 0 Å². The Morgan fingerprint density at radius 2 is 2.60 bits per heavy atom. The average Bonchev–Trinajstić information content (AvgIpc) is 2.29. The lowest BCUT2D eigenvalue weighted by Crippen LogP contribution is -2.42. The number of nitrogens with one attached hydrogen (secondary N) is 1. The molecule has 5 nitrogen and oxygen atoms in total. The highest BCUT2D eigenvalue weighted by Crippen LogP contribution is 2.15. The first kappa shape index (κ1) is 10.2. The second-order valence-electron chi connectivity index (χ2n) is 3.65. The van der Waals surface area contributed by atoms with Crippen molar-refractivity contribution >= 4 is 5.69 Å². The normalized spacial score (nSPS) is 21.7. The maximum absolute atomic E-state index is 11.1. The topological polar surface area (TPSA) is 58.2 Å². The van der Waals surface area contributed by atoms with Gasteiger partial charge in [-0.2, -0.15) is 5.10 Å². The van der Waals surface area contributed by atoms with Gasteiger partial charge in [0.1, 0.15) is 0 Å². The number of hydrogen-bond acceptors (Lipinski definition) is 4. The fourth-order valence-electron chi connectivity index (χ4n) is 1.74. The van der Waals surface area contributed by atoms with E-state index in [4.69, 9.17) is 4.74 Å². The fourth-order valence-corrected chi connectivity index (χ4v) is 1.74. The first-order chi connectivity index (χ1) is 7.29. The summed E-state index contributed by atoms with van der Waals surface area (Å²) in [6.45, 7) is 4.47. The molecule has 1 fully saturated rings. The second-order valence-corrected chi connectivity index (χ2v) is 3.65. The Bertz CT molecular complexity index is 377. The summed E-state index contributed by atoms with van der Waals surface area (Å²) < 4.78 is 5.56. The van der Waals surface area contributed by atoms with E-state index in [1.165, 1.54) is 0 Å². The Hall–Kier alpha value is -1.36. The zero-order chi connectivity index (χ0) is 10.7. The largest absolute Gasteiger partial charge is 0.375 e. The lowest BCUT2D eigenvalue weighted by atomic mass is 10.2. The van der Waals surface area contributed by atoms with Crippen LogP contribution in [0.4, 0.5) is 5.69 Å². The summed E-state index contributed by atoms with van der Waals surface area (Å²) in [5, 5.41) is 6.16. The average molecular weight is 209 g/mol. The van der Waals surface area contributed by atoms with Crippen LogP contribution >= 0.6 is 0 Å². The zero-order valence-electron chi connectivity index (χ0n) is 8.77. The van der Waals surface area contributed by atoms with Crippen molar-refractivity contribution in [3.63, 3.8) is 0 Å². The van der Waals surface area contributed by atoms with E-state index >= 15 is 0 Å². The van der Waals surface area contributed by atoms with Crippen molar-refractivity contribution in [1.82, 2.24) is 10.2 Å². The van der Waals surface area contributed by atoms with Gasteiger partial charge in [0.25, 0.3) is 5.56 Å². The van der Waals surface area contributed by atoms with Crippen LogP contribution in [0.15, 0.2) is 17.1 Å². The van der Waals surface area contributed by atoms with Gasteiger partial charge in [-0.3, -0.25) is 4.79 Å². The van der Waals surface area contributed by atoms with Crippen LogP contribution in [0.2, 0.25) is 0 Å². The Labute approximate surface area is 88.1 Å². The lowest BCUT2D eigenvalue weighted by Gasteiger charge is -2.33. The van der Waals surface area contributed by atoms with Gasteiger partial charge in [-0.25, -0.2) is 5.10 Å². The van der Waals surface area contributed by atoms with Crippen LogP contribution in [0.25, 0.3) is 0 Å². The van der Waals surface area contributed by atoms with Gasteiger partial charge in [-0.15, -0.1) is 0 Å². The van der Waals surface area contributed by atoms with Crippen LogP contribution in [-0.2, 0) is 4.74 Å². The predicted molar refractivity (Wildman–Crippen MR) is 57.1 cm³/mol. The molecule has 1 aliphatic rings. The van der Waals surface area contributed by atoms with E-state index in [1.807, 2.05) is 0 Å². The van der Waals surface area contributed by atoms with Crippen LogP contribution in [0, 0.1) is 0 Å². The molecular formula is C10H15N3O2. The summed E-state index contributed by atoms with van der Waals surface area (Å²) in [5.41, 5.74) is 0.715. The van der Waals surface area contributed by atoms with Gasteiger partial charge in [0.2, 0.25) is 0 Å². The number of rotatable bonds is 2. The van der Waals surface area contributed by atoms with E-state index in [0.717, 1.165) is 25.2 Å². The number of aromatic amines is 1. The first-order valence-corrected chi connectivity index (χ1v) is 5.21. The number of morpholine rings is 1. The highest BCUT2D eigenvalue weighted by atomic mass is 16.5. The molecule has 1 atom stereocenters. The van der Waals surface area contributed by atoms with Crippen LogP contribution in [0.1, 0.15) is 13.3 Å². The second kappa shape index (κ2) is 4.44. The molecule has 1 saturated heterocycles. The highest BCUT2D eigenvalue weighted by molar-refractivity contribution is 5.43. The Morgan fingerprint density at radius 3 is 3.33 bits per heavy atom. The van der Waals surface area contributed by atoms with E-state index in [-0.39, 0.29) is 11.7 Å². The van der Waals surface area contributed by atoms with Gasteiger partial charge >= 0.3 is 0 Å². The van der Waals surface area contributed by atoms with Crippen molar-refractivity contribution < 1.29 is 4.74 Å². The molecule has 15 heavy (non-hydrogen) atoms. The van der Waals surface area contributed by atoms with E-state index in [1.54, 1.807) is 12.3 Å². The first-order valence-electron chi connectivity index (χ1n) is 5.21. The Morgan fingerprint density at radius 1 is 1.73 bits per heavy atom. The summed E-state index contributed by atoms with van der Waals surface area (Å²) in [4.78, 5) is 13.2. The quantitative estimate of drug-likeness (QED) is 0.765. The molecule has 0 radical (unpaired) electrons. The SMILES string of the molecule is CCC1CN(c2cn[nH]c(=O)c2)CCO1. The maximum Gasteiger partial charge on any atom is 0.266 e. The van der Waals surface area contributed by atoms with Crippen LogP contribution < -0.4 is 10.5 Å². The van der Waals surface area contributed by atoms with Crippen molar-refractivity contribution in [2.45, 2.75) is 19.4 Å². The summed E-state index contributed by atoms with van der Waals surface area (Å²) >= 11 is 0. The minimum Gasteiger partial charge on any atom is -0.375 e. The molecular weight excluding hydrogens is 194 g/mol. The molecule has 2 rings (SSSR count). The number of hydrogen-bond donors (Lipinski definition) is 1. The van der Waals surface area contributed by atoms with Crippen molar-refractivity contribution in [3.8, 4) is 0 Å². The number of aromatic nitrogens is 2. The summed E-state index contributed by atoms with van der Waals surface area (Å²) in [6.07, 6.45) is 2.94. The lowest BCUT2D eigenvalue weighted by molar-refractivity contribution is 0.0384. The summed E-state index contributed by atoms with van der Waals surface area (Å²) in [7, 11) is 0. The summed E-state index contributed by atoms with van der Waals surface area (Å²) in [5.74, 6) is 0. The molecule has 1 aliphatic heterocycles. The van der Waals surface area contributed by atoms with Gasteiger partial charge in [0, 0.05) is 19.2 Å². The number of nitrogens with zero attached hydrogens (tertiary/aromatic N) is 2. The standard InChI is InChI=1S/C10H15N3O2/c1-2-9-7-13(3-4-15-9)8-5-10(14)12-11-6-8/h5-6,9H,2-4,7H2,1H3,(H,12,14). The molecule has 0 amide bonds. The maximum atomic E-state index is 11.1. The molecule has 2 heterocycles. The molecule has 0 aromatic carbocycles. The molecule has 1 unspecified atom stereocenters. The fraction of sp³-hybridized carbons (Fsp3) is 0.600. The minimum absolute atomic E-state index is 0.160. The Kier molecular flexibility index (Phi) is 3.01. The van der Waals surface area contributed by atoms with E-state index in [2.05, 4.69) is 22.0 Å². The van der Waals surface area contributed by atoms with Crippen molar-refractivity contribution in [2.24, 2.45) is 0 Å². The van der Waals surface area contributed by atoms with Gasteiger partial charge in [0.05, 0.1) is 24.6 Å². The third kappa shape index (κ3) is 2.36. The smallest absolute Gasteiger partial charge is 0.266 e. The monoisotopic (exact) mass is 209 g/mol.